The Morgan fingerprint density at radius 1 is 1.27 bits per heavy atom. The van der Waals surface area contributed by atoms with Crippen LogP contribution in [0.1, 0.15) is 19.3 Å². The summed E-state index contributed by atoms with van der Waals surface area (Å²) >= 11 is 0. The third-order valence-electron chi connectivity index (χ3n) is 3.35. The van der Waals surface area contributed by atoms with Gasteiger partial charge in [-0.25, -0.2) is 0 Å². The third kappa shape index (κ3) is 4.47. The summed E-state index contributed by atoms with van der Waals surface area (Å²) in [6.07, 6.45) is 1.01. The number of carbonyl (C=O) groups excluding carboxylic acids is 2. The van der Waals surface area contributed by atoms with Gasteiger partial charge in [0.15, 0.2) is 6.61 Å². The van der Waals surface area contributed by atoms with Crippen molar-refractivity contribution in [2.75, 3.05) is 6.61 Å². The van der Waals surface area contributed by atoms with E-state index in [1.165, 1.54) is 0 Å². The first kappa shape index (κ1) is 15.8. The van der Waals surface area contributed by atoms with Crippen LogP contribution in [0.5, 0.6) is 5.75 Å². The molecule has 1 heterocycles. The number of hydrogen-bond donors (Lipinski definition) is 3. The smallest absolute Gasteiger partial charge is 0.303 e. The predicted octanol–water partition coefficient (Wildman–Crippen LogP) is 0.304. The van der Waals surface area contributed by atoms with Crippen molar-refractivity contribution in [3.63, 3.8) is 0 Å². The monoisotopic (exact) mass is 306 g/mol. The van der Waals surface area contributed by atoms with Crippen molar-refractivity contribution in [2.24, 2.45) is 0 Å². The summed E-state index contributed by atoms with van der Waals surface area (Å²) in [5.41, 5.74) is 0. The molecule has 0 aromatic heterocycles. The molecule has 2 amide bonds. The fraction of sp³-hybridized carbons (Fsp3) is 0.400. The van der Waals surface area contributed by atoms with Gasteiger partial charge in [-0.2, -0.15) is 0 Å². The van der Waals surface area contributed by atoms with Crippen LogP contribution in [-0.2, 0) is 14.4 Å². The lowest BCUT2D eigenvalue weighted by Gasteiger charge is -2.37. The van der Waals surface area contributed by atoms with Crippen LogP contribution in [0.15, 0.2) is 30.3 Å². The highest BCUT2D eigenvalue weighted by Gasteiger charge is 2.39. The number of hydrogen-bond acceptors (Lipinski definition) is 4. The van der Waals surface area contributed by atoms with E-state index in [1.54, 1.807) is 24.3 Å². The van der Waals surface area contributed by atoms with Crippen molar-refractivity contribution in [1.29, 1.82) is 0 Å². The second-order valence-corrected chi connectivity index (χ2v) is 5.05. The number of rotatable bonds is 8. The Balaban J connectivity index is 1.72. The Bertz CT molecular complexity index is 546. The van der Waals surface area contributed by atoms with Crippen molar-refractivity contribution < 1.29 is 24.2 Å². The number of aliphatic carboxylic acids is 1. The lowest BCUT2D eigenvalue weighted by molar-refractivity contribution is -0.138. The highest BCUT2D eigenvalue weighted by atomic mass is 16.5. The van der Waals surface area contributed by atoms with Gasteiger partial charge < -0.3 is 20.5 Å². The number of ether oxygens (including phenoxy) is 1. The molecular formula is C15H18N2O5. The van der Waals surface area contributed by atoms with Crippen LogP contribution in [0, 0.1) is 0 Å². The lowest BCUT2D eigenvalue weighted by atomic mass is 9.93. The molecule has 0 saturated carbocycles. The number of carboxylic acid groups (broad SMARTS) is 1. The van der Waals surface area contributed by atoms with E-state index < -0.39 is 12.0 Å². The number of β-lactam (4-membered cyclic amide) rings is 1. The first-order valence-electron chi connectivity index (χ1n) is 7.05. The zero-order chi connectivity index (χ0) is 15.9. The van der Waals surface area contributed by atoms with Crippen LogP contribution in [0.3, 0.4) is 0 Å². The van der Waals surface area contributed by atoms with Gasteiger partial charge >= 0.3 is 5.97 Å². The molecule has 118 valence electrons. The summed E-state index contributed by atoms with van der Waals surface area (Å²) in [6.45, 7) is -0.171. The standard InChI is InChI=1S/C15H18N2O5/c18-12(9-22-10-5-2-1-3-6-10)17-14-11(16-15(14)21)7-4-8-13(19)20/h1-3,5-6,11,14H,4,7-9H2,(H,16,21)(H,17,18)(H,19,20)/t11-,14+/m1/s1. The van der Waals surface area contributed by atoms with Gasteiger partial charge in [0.05, 0.1) is 6.04 Å². The van der Waals surface area contributed by atoms with E-state index in [2.05, 4.69) is 10.6 Å². The average molecular weight is 306 g/mol. The van der Waals surface area contributed by atoms with Crippen molar-refractivity contribution in [1.82, 2.24) is 10.6 Å². The molecule has 0 radical (unpaired) electrons. The summed E-state index contributed by atoms with van der Waals surface area (Å²) in [5.74, 6) is -0.934. The molecule has 1 aromatic carbocycles. The average Bonchev–Trinajstić information content (AvgIpc) is 2.50. The quantitative estimate of drug-likeness (QED) is 0.599. The molecular weight excluding hydrogens is 288 g/mol. The summed E-state index contributed by atoms with van der Waals surface area (Å²) in [4.78, 5) is 33.7. The summed E-state index contributed by atoms with van der Waals surface area (Å²) < 4.78 is 5.30. The summed E-state index contributed by atoms with van der Waals surface area (Å²) in [5, 5.41) is 13.8. The van der Waals surface area contributed by atoms with Gasteiger partial charge in [0.25, 0.3) is 5.91 Å². The van der Waals surface area contributed by atoms with Crippen LogP contribution < -0.4 is 15.4 Å². The van der Waals surface area contributed by atoms with E-state index in [-0.39, 0.29) is 30.9 Å². The summed E-state index contributed by atoms with van der Waals surface area (Å²) in [6, 6.07) is 8.08. The van der Waals surface area contributed by atoms with Crippen molar-refractivity contribution in [3.05, 3.63) is 30.3 Å². The van der Waals surface area contributed by atoms with E-state index in [9.17, 15) is 14.4 Å². The first-order chi connectivity index (χ1) is 10.6. The Morgan fingerprint density at radius 3 is 2.64 bits per heavy atom. The number of amides is 2. The maximum Gasteiger partial charge on any atom is 0.303 e. The topological polar surface area (TPSA) is 105 Å². The Labute approximate surface area is 127 Å². The Hall–Kier alpha value is -2.57. The van der Waals surface area contributed by atoms with Crippen LogP contribution in [-0.4, -0.2) is 41.6 Å². The molecule has 1 aromatic rings. The third-order valence-corrected chi connectivity index (χ3v) is 3.35. The van der Waals surface area contributed by atoms with E-state index >= 15 is 0 Å². The molecule has 0 unspecified atom stereocenters. The molecule has 0 spiro atoms. The van der Waals surface area contributed by atoms with Gasteiger partial charge in [0, 0.05) is 6.42 Å². The van der Waals surface area contributed by atoms with Gasteiger partial charge in [-0.15, -0.1) is 0 Å². The highest BCUT2D eigenvalue weighted by molar-refractivity contribution is 5.93. The number of benzene rings is 1. The summed E-state index contributed by atoms with van der Waals surface area (Å²) in [7, 11) is 0. The molecule has 3 N–H and O–H groups in total. The molecule has 1 saturated heterocycles. The maximum atomic E-state index is 11.8. The first-order valence-corrected chi connectivity index (χ1v) is 7.05. The zero-order valence-corrected chi connectivity index (χ0v) is 12.0. The SMILES string of the molecule is O=C(O)CCC[C@H]1NC(=O)[C@H]1NC(=O)COc1ccccc1. The van der Waals surface area contributed by atoms with Gasteiger partial charge in [-0.1, -0.05) is 18.2 Å². The Morgan fingerprint density at radius 2 is 2.00 bits per heavy atom. The van der Waals surface area contributed by atoms with E-state index in [4.69, 9.17) is 9.84 Å². The molecule has 0 aliphatic carbocycles. The minimum Gasteiger partial charge on any atom is -0.484 e. The van der Waals surface area contributed by atoms with Gasteiger partial charge in [-0.05, 0) is 25.0 Å². The van der Waals surface area contributed by atoms with E-state index in [1.807, 2.05) is 6.07 Å². The maximum absolute atomic E-state index is 11.8. The van der Waals surface area contributed by atoms with Crippen LogP contribution in [0.25, 0.3) is 0 Å². The molecule has 7 nitrogen and oxygen atoms in total. The molecule has 1 aliphatic rings. The number of carboxylic acids is 1. The predicted molar refractivity (Wildman–Crippen MR) is 77.3 cm³/mol. The fourth-order valence-electron chi connectivity index (χ4n) is 2.20. The van der Waals surface area contributed by atoms with Crippen LogP contribution >= 0.6 is 0 Å². The van der Waals surface area contributed by atoms with Gasteiger partial charge in [0.1, 0.15) is 11.8 Å². The van der Waals surface area contributed by atoms with E-state index in [0.29, 0.717) is 18.6 Å². The minimum atomic E-state index is -0.873. The minimum absolute atomic E-state index is 0.0458. The molecule has 1 fully saturated rings. The second-order valence-electron chi connectivity index (χ2n) is 5.05. The Kier molecular flexibility index (Phi) is 5.35. The molecule has 2 atom stereocenters. The highest BCUT2D eigenvalue weighted by Crippen LogP contribution is 2.14. The normalized spacial score (nSPS) is 19.7. The van der Waals surface area contributed by atoms with Gasteiger partial charge in [0.2, 0.25) is 5.91 Å². The zero-order valence-electron chi connectivity index (χ0n) is 12.0. The largest absolute Gasteiger partial charge is 0.484 e. The molecule has 1 aliphatic heterocycles. The number of para-hydroxylation sites is 1. The van der Waals surface area contributed by atoms with Crippen LogP contribution in [0.2, 0.25) is 0 Å². The second kappa shape index (κ2) is 7.44. The molecule has 22 heavy (non-hydrogen) atoms. The van der Waals surface area contributed by atoms with Crippen LogP contribution in [0.4, 0.5) is 0 Å². The molecule has 0 bridgehead atoms. The number of carbonyl (C=O) groups is 3. The van der Waals surface area contributed by atoms with Crippen molar-refractivity contribution >= 4 is 17.8 Å². The van der Waals surface area contributed by atoms with Gasteiger partial charge in [-0.3, -0.25) is 14.4 Å². The molecule has 2 rings (SSSR count). The lowest BCUT2D eigenvalue weighted by Crippen LogP contribution is -2.69. The molecule has 7 heteroatoms. The van der Waals surface area contributed by atoms with Crippen molar-refractivity contribution in [3.8, 4) is 5.75 Å². The van der Waals surface area contributed by atoms with E-state index in [0.717, 1.165) is 0 Å². The number of nitrogens with one attached hydrogen (secondary N) is 2. The van der Waals surface area contributed by atoms with Crippen molar-refractivity contribution in [2.45, 2.75) is 31.3 Å². The fourth-order valence-corrected chi connectivity index (χ4v) is 2.20.